The quantitative estimate of drug-likeness (QED) is 0.346. The molecule has 3 unspecified atom stereocenters. The fourth-order valence-corrected chi connectivity index (χ4v) is 5.85. The molecule has 0 spiro atoms. The molecule has 4 aromatic rings. The molecule has 3 nitrogen and oxygen atoms in total. The number of hydrogen-bond acceptors (Lipinski definition) is 2. The molecule has 0 radical (unpaired) electrons. The minimum absolute atomic E-state index is 0.184. The number of aromatic nitrogens is 1. The van der Waals surface area contributed by atoms with Crippen molar-refractivity contribution in [3.05, 3.63) is 83.9 Å². The van der Waals surface area contributed by atoms with E-state index in [0.29, 0.717) is 17.9 Å². The Hall–Kier alpha value is -3.20. The standard InChI is InChI=1S/C29H30N2O/c1-4-31-27-11-6-5-8-22(27)25-16-19(12-15-28(25)31)29-23-10-7-9-21(23)24-17-20(32-18(2)3)13-14-26(24)30-29/h5-9,11-18,21,23,29-30H,4,10H2,1-3H3. The van der Waals surface area contributed by atoms with Gasteiger partial charge in [0.2, 0.25) is 0 Å². The third-order valence-electron chi connectivity index (χ3n) is 7.18. The first kappa shape index (κ1) is 19.5. The van der Waals surface area contributed by atoms with Crippen LogP contribution in [0, 0.1) is 5.92 Å². The van der Waals surface area contributed by atoms with Gasteiger partial charge in [-0.2, -0.15) is 0 Å². The smallest absolute Gasteiger partial charge is 0.120 e. The molecule has 0 bridgehead atoms. The number of nitrogens with zero attached hydrogens (tertiary/aromatic N) is 1. The Kier molecular flexibility index (Phi) is 4.53. The molecule has 3 aromatic carbocycles. The topological polar surface area (TPSA) is 26.2 Å². The van der Waals surface area contributed by atoms with Crippen LogP contribution < -0.4 is 10.1 Å². The maximum Gasteiger partial charge on any atom is 0.120 e. The molecule has 0 saturated heterocycles. The Morgan fingerprint density at radius 2 is 1.84 bits per heavy atom. The van der Waals surface area contributed by atoms with Crippen LogP contribution in [0.2, 0.25) is 0 Å². The summed E-state index contributed by atoms with van der Waals surface area (Å²) in [7, 11) is 0. The van der Waals surface area contributed by atoms with Crippen LogP contribution in [-0.4, -0.2) is 10.7 Å². The molecule has 3 heteroatoms. The highest BCUT2D eigenvalue weighted by Crippen LogP contribution is 2.51. The molecular formula is C29H30N2O. The molecule has 3 atom stereocenters. The van der Waals surface area contributed by atoms with E-state index in [1.165, 1.54) is 38.6 Å². The maximum absolute atomic E-state index is 5.99. The van der Waals surface area contributed by atoms with Gasteiger partial charge in [0.15, 0.2) is 0 Å². The number of anilines is 1. The second-order valence-electron chi connectivity index (χ2n) is 9.43. The van der Waals surface area contributed by atoms with Gasteiger partial charge in [-0.3, -0.25) is 0 Å². The van der Waals surface area contributed by atoms with Gasteiger partial charge in [-0.1, -0.05) is 36.4 Å². The zero-order valence-corrected chi connectivity index (χ0v) is 19.0. The number of nitrogens with one attached hydrogen (secondary N) is 1. The summed E-state index contributed by atoms with van der Waals surface area (Å²) >= 11 is 0. The minimum Gasteiger partial charge on any atom is -0.491 e. The van der Waals surface area contributed by atoms with Crippen LogP contribution in [-0.2, 0) is 6.54 Å². The van der Waals surface area contributed by atoms with Crippen molar-refractivity contribution in [1.82, 2.24) is 4.57 Å². The second-order valence-corrected chi connectivity index (χ2v) is 9.43. The van der Waals surface area contributed by atoms with Crippen molar-refractivity contribution in [2.45, 2.75) is 51.8 Å². The van der Waals surface area contributed by atoms with E-state index >= 15 is 0 Å². The Morgan fingerprint density at radius 3 is 2.69 bits per heavy atom. The predicted octanol–water partition coefficient (Wildman–Crippen LogP) is 7.43. The van der Waals surface area contributed by atoms with Gasteiger partial charge in [-0.25, -0.2) is 0 Å². The Bertz CT molecular complexity index is 1350. The lowest BCUT2D eigenvalue weighted by atomic mass is 9.77. The van der Waals surface area contributed by atoms with Gasteiger partial charge in [-0.05, 0) is 80.6 Å². The first-order valence-electron chi connectivity index (χ1n) is 11.9. The van der Waals surface area contributed by atoms with E-state index in [2.05, 4.69) is 103 Å². The van der Waals surface area contributed by atoms with Gasteiger partial charge in [0.1, 0.15) is 5.75 Å². The van der Waals surface area contributed by atoms with E-state index in [9.17, 15) is 0 Å². The Morgan fingerprint density at radius 1 is 1.00 bits per heavy atom. The lowest BCUT2D eigenvalue weighted by Gasteiger charge is -2.37. The van der Waals surface area contributed by atoms with Crippen LogP contribution in [0.4, 0.5) is 5.69 Å². The number of fused-ring (bicyclic) bond motifs is 6. The van der Waals surface area contributed by atoms with Crippen molar-refractivity contribution in [2.24, 2.45) is 5.92 Å². The third kappa shape index (κ3) is 2.95. The molecule has 1 aromatic heterocycles. The number of para-hydroxylation sites is 1. The highest BCUT2D eigenvalue weighted by molar-refractivity contribution is 6.08. The first-order chi connectivity index (χ1) is 15.6. The Labute approximate surface area is 189 Å². The number of rotatable bonds is 4. The van der Waals surface area contributed by atoms with Crippen LogP contribution in [0.15, 0.2) is 72.8 Å². The summed E-state index contributed by atoms with van der Waals surface area (Å²) in [4.78, 5) is 0. The van der Waals surface area contributed by atoms with Crippen LogP contribution in [0.1, 0.15) is 50.3 Å². The van der Waals surface area contributed by atoms with E-state index < -0.39 is 0 Å². The van der Waals surface area contributed by atoms with Crippen LogP contribution >= 0.6 is 0 Å². The fraction of sp³-hybridized carbons (Fsp3) is 0.310. The zero-order chi connectivity index (χ0) is 21.8. The van der Waals surface area contributed by atoms with Gasteiger partial charge in [0.05, 0.1) is 12.1 Å². The van der Waals surface area contributed by atoms with E-state index in [-0.39, 0.29) is 6.10 Å². The summed E-state index contributed by atoms with van der Waals surface area (Å²) in [5.74, 6) is 1.92. The first-order valence-corrected chi connectivity index (χ1v) is 11.9. The maximum atomic E-state index is 5.99. The van der Waals surface area contributed by atoms with Gasteiger partial charge in [0, 0.05) is 40.0 Å². The normalized spacial score (nSPS) is 21.7. The monoisotopic (exact) mass is 422 g/mol. The number of hydrogen-bond donors (Lipinski definition) is 1. The summed E-state index contributed by atoms with van der Waals surface area (Å²) in [6, 6.07) is 22.7. The number of allylic oxidation sites excluding steroid dienone is 2. The molecule has 0 fully saturated rings. The SMILES string of the molecule is CCn1c2ccccc2c2cc(C3Nc4ccc(OC(C)C)cc4C4C=CCC43)ccc21. The molecule has 0 saturated carbocycles. The molecule has 2 heterocycles. The number of aryl methyl sites for hydroxylation is 1. The minimum atomic E-state index is 0.184. The highest BCUT2D eigenvalue weighted by atomic mass is 16.5. The highest BCUT2D eigenvalue weighted by Gasteiger charge is 2.38. The molecule has 1 aliphatic carbocycles. The second kappa shape index (κ2) is 7.44. The number of ether oxygens (including phenoxy) is 1. The van der Waals surface area contributed by atoms with Crippen molar-refractivity contribution >= 4 is 27.5 Å². The van der Waals surface area contributed by atoms with Crippen molar-refractivity contribution in [3.8, 4) is 5.75 Å². The summed E-state index contributed by atoms with van der Waals surface area (Å²) in [6.45, 7) is 7.37. The predicted molar refractivity (Wildman–Crippen MR) is 134 cm³/mol. The molecule has 1 N–H and O–H groups in total. The molecule has 0 amide bonds. The lowest BCUT2D eigenvalue weighted by molar-refractivity contribution is 0.242. The lowest BCUT2D eigenvalue weighted by Crippen LogP contribution is -2.29. The van der Waals surface area contributed by atoms with Gasteiger partial charge >= 0.3 is 0 Å². The summed E-state index contributed by atoms with van der Waals surface area (Å²) in [5.41, 5.74) is 6.62. The summed E-state index contributed by atoms with van der Waals surface area (Å²) < 4.78 is 8.41. The van der Waals surface area contributed by atoms with Crippen LogP contribution in [0.25, 0.3) is 21.8 Å². The van der Waals surface area contributed by atoms with Gasteiger partial charge in [-0.15, -0.1) is 0 Å². The number of benzene rings is 3. The molecule has 32 heavy (non-hydrogen) atoms. The van der Waals surface area contributed by atoms with Crippen LogP contribution in [0.5, 0.6) is 5.75 Å². The summed E-state index contributed by atoms with van der Waals surface area (Å²) in [6.07, 6.45) is 6.05. The fourth-order valence-electron chi connectivity index (χ4n) is 5.85. The van der Waals surface area contributed by atoms with Crippen molar-refractivity contribution in [2.75, 3.05) is 5.32 Å². The largest absolute Gasteiger partial charge is 0.491 e. The average Bonchev–Trinajstić information content (AvgIpc) is 3.41. The third-order valence-corrected chi connectivity index (χ3v) is 7.18. The van der Waals surface area contributed by atoms with Crippen LogP contribution in [0.3, 0.4) is 0 Å². The van der Waals surface area contributed by atoms with E-state index in [1.54, 1.807) is 0 Å². The summed E-state index contributed by atoms with van der Waals surface area (Å²) in [5, 5.41) is 6.60. The van der Waals surface area contributed by atoms with E-state index in [0.717, 1.165) is 18.7 Å². The molecule has 6 rings (SSSR count). The molecule has 2 aliphatic rings. The molecular weight excluding hydrogens is 392 g/mol. The Balaban J connectivity index is 1.44. The average molecular weight is 423 g/mol. The van der Waals surface area contributed by atoms with Crippen molar-refractivity contribution in [3.63, 3.8) is 0 Å². The molecule has 1 aliphatic heterocycles. The van der Waals surface area contributed by atoms with Crippen molar-refractivity contribution < 1.29 is 4.74 Å². The van der Waals surface area contributed by atoms with Gasteiger partial charge < -0.3 is 14.6 Å². The van der Waals surface area contributed by atoms with E-state index in [1.807, 2.05) is 0 Å². The van der Waals surface area contributed by atoms with Gasteiger partial charge in [0.25, 0.3) is 0 Å². The van der Waals surface area contributed by atoms with Crippen molar-refractivity contribution in [1.29, 1.82) is 0 Å². The molecule has 162 valence electrons. The zero-order valence-electron chi connectivity index (χ0n) is 19.0. The van der Waals surface area contributed by atoms with E-state index in [4.69, 9.17) is 4.74 Å².